The third kappa shape index (κ3) is 2.91. The van der Waals surface area contributed by atoms with Crippen molar-refractivity contribution in [2.45, 2.75) is 12.5 Å². The SMILES string of the molecule is CN1C(=O)[C@H](CC(=O)N2CCN(c3ccncc3)CC2)N(C)C1=O. The maximum atomic E-state index is 12.5. The number of nitrogens with zero attached hydrogens (tertiary/aromatic N) is 5. The van der Waals surface area contributed by atoms with Gasteiger partial charge in [-0.1, -0.05) is 0 Å². The van der Waals surface area contributed by atoms with Gasteiger partial charge in [-0.05, 0) is 12.1 Å². The maximum absolute atomic E-state index is 12.5. The summed E-state index contributed by atoms with van der Waals surface area (Å²) in [5, 5.41) is 0. The number of carbonyl (C=O) groups excluding carboxylic acids is 3. The molecule has 24 heavy (non-hydrogen) atoms. The van der Waals surface area contributed by atoms with E-state index in [-0.39, 0.29) is 24.3 Å². The average Bonchev–Trinajstić information content (AvgIpc) is 2.80. The normalized spacial score (nSPS) is 21.7. The van der Waals surface area contributed by atoms with Gasteiger partial charge in [-0.3, -0.25) is 19.5 Å². The van der Waals surface area contributed by atoms with Gasteiger partial charge < -0.3 is 14.7 Å². The quantitative estimate of drug-likeness (QED) is 0.730. The molecule has 8 nitrogen and oxygen atoms in total. The Morgan fingerprint density at radius 3 is 2.29 bits per heavy atom. The molecule has 2 fully saturated rings. The summed E-state index contributed by atoms with van der Waals surface area (Å²) in [4.78, 5) is 46.7. The molecule has 1 aromatic heterocycles. The molecule has 8 heteroatoms. The molecular weight excluding hydrogens is 310 g/mol. The molecule has 3 rings (SSSR count). The zero-order valence-corrected chi connectivity index (χ0v) is 13.9. The highest BCUT2D eigenvalue weighted by molar-refractivity contribution is 6.05. The number of likely N-dealkylation sites (N-methyl/N-ethyl adjacent to an activating group) is 2. The average molecular weight is 331 g/mol. The Hall–Kier alpha value is -2.64. The minimum absolute atomic E-state index is 0.0423. The highest BCUT2D eigenvalue weighted by Crippen LogP contribution is 2.19. The molecule has 3 heterocycles. The molecule has 2 saturated heterocycles. The molecule has 0 unspecified atom stereocenters. The molecule has 4 amide bonds. The molecule has 0 N–H and O–H groups in total. The van der Waals surface area contributed by atoms with Crippen LogP contribution in [0, 0.1) is 0 Å². The minimum Gasteiger partial charge on any atom is -0.368 e. The third-order valence-corrected chi connectivity index (χ3v) is 4.70. The molecular formula is C16H21N5O3. The Bertz CT molecular complexity index is 642. The van der Waals surface area contributed by atoms with Gasteiger partial charge in [0.15, 0.2) is 0 Å². The van der Waals surface area contributed by atoms with E-state index in [1.165, 1.54) is 11.9 Å². The number of anilines is 1. The monoisotopic (exact) mass is 331 g/mol. The van der Waals surface area contributed by atoms with Crippen LogP contribution in [-0.2, 0) is 9.59 Å². The van der Waals surface area contributed by atoms with Gasteiger partial charge in [0, 0.05) is 58.4 Å². The van der Waals surface area contributed by atoms with Crippen LogP contribution in [0.25, 0.3) is 0 Å². The lowest BCUT2D eigenvalue weighted by Crippen LogP contribution is -2.50. The number of rotatable bonds is 3. The Labute approximate surface area is 140 Å². The van der Waals surface area contributed by atoms with Crippen LogP contribution in [0.2, 0.25) is 0 Å². The van der Waals surface area contributed by atoms with Crippen molar-refractivity contribution in [3.8, 4) is 0 Å². The van der Waals surface area contributed by atoms with Crippen LogP contribution in [-0.4, -0.2) is 83.8 Å². The standard InChI is InChI=1S/C16H21N5O3/c1-18-13(15(23)19(2)16(18)24)11-14(22)21-9-7-20(8-10-21)12-3-5-17-6-4-12/h3-6,13H,7-11H2,1-2H3/t13-/m0/s1. The summed E-state index contributed by atoms with van der Waals surface area (Å²) >= 11 is 0. The number of urea groups is 1. The third-order valence-electron chi connectivity index (χ3n) is 4.70. The lowest BCUT2D eigenvalue weighted by atomic mass is 10.1. The lowest BCUT2D eigenvalue weighted by molar-refractivity contribution is -0.136. The Morgan fingerprint density at radius 1 is 1.12 bits per heavy atom. The summed E-state index contributed by atoms with van der Waals surface area (Å²) in [6.45, 7) is 2.69. The highest BCUT2D eigenvalue weighted by Gasteiger charge is 2.42. The van der Waals surface area contributed by atoms with E-state index >= 15 is 0 Å². The number of hydrogen-bond donors (Lipinski definition) is 0. The Morgan fingerprint density at radius 2 is 1.75 bits per heavy atom. The van der Waals surface area contributed by atoms with Crippen molar-refractivity contribution in [2.75, 3.05) is 45.2 Å². The molecule has 128 valence electrons. The molecule has 0 bridgehead atoms. The molecule has 2 aliphatic heterocycles. The first-order chi connectivity index (χ1) is 11.5. The van der Waals surface area contributed by atoms with Crippen molar-refractivity contribution in [1.82, 2.24) is 19.7 Å². The molecule has 1 atom stereocenters. The smallest absolute Gasteiger partial charge is 0.326 e. The molecule has 0 saturated carbocycles. The van der Waals surface area contributed by atoms with E-state index in [4.69, 9.17) is 0 Å². The van der Waals surface area contributed by atoms with E-state index in [2.05, 4.69) is 9.88 Å². The van der Waals surface area contributed by atoms with Gasteiger partial charge in [0.1, 0.15) is 6.04 Å². The molecule has 0 aromatic carbocycles. The summed E-state index contributed by atoms with van der Waals surface area (Å²) in [6, 6.07) is 2.85. The fourth-order valence-electron chi connectivity index (χ4n) is 3.14. The van der Waals surface area contributed by atoms with Crippen LogP contribution in [0.5, 0.6) is 0 Å². The van der Waals surface area contributed by atoms with Gasteiger partial charge in [-0.2, -0.15) is 0 Å². The summed E-state index contributed by atoms with van der Waals surface area (Å²) in [7, 11) is 3.00. The first-order valence-electron chi connectivity index (χ1n) is 7.96. The lowest BCUT2D eigenvalue weighted by Gasteiger charge is -2.36. The number of amides is 4. The van der Waals surface area contributed by atoms with Crippen molar-refractivity contribution < 1.29 is 14.4 Å². The fraction of sp³-hybridized carbons (Fsp3) is 0.500. The maximum Gasteiger partial charge on any atom is 0.326 e. The van der Waals surface area contributed by atoms with Crippen LogP contribution in [0.15, 0.2) is 24.5 Å². The second-order valence-electron chi connectivity index (χ2n) is 6.08. The summed E-state index contributed by atoms with van der Waals surface area (Å²) in [6.07, 6.45) is 3.55. The number of hydrogen-bond acceptors (Lipinski definition) is 5. The highest BCUT2D eigenvalue weighted by atomic mass is 16.2. The van der Waals surface area contributed by atoms with Gasteiger partial charge in [0.2, 0.25) is 5.91 Å². The number of imide groups is 1. The topological polar surface area (TPSA) is 77.1 Å². The second kappa shape index (κ2) is 6.46. The fourth-order valence-corrected chi connectivity index (χ4v) is 3.14. The Kier molecular flexibility index (Phi) is 4.37. The van der Waals surface area contributed by atoms with E-state index in [9.17, 15) is 14.4 Å². The van der Waals surface area contributed by atoms with Gasteiger partial charge in [0.25, 0.3) is 5.91 Å². The molecule has 1 aromatic rings. The van der Waals surface area contributed by atoms with Crippen molar-refractivity contribution in [3.63, 3.8) is 0 Å². The van der Waals surface area contributed by atoms with Crippen LogP contribution in [0.4, 0.5) is 10.5 Å². The van der Waals surface area contributed by atoms with E-state index in [0.717, 1.165) is 23.7 Å². The van der Waals surface area contributed by atoms with Crippen molar-refractivity contribution >= 4 is 23.5 Å². The number of piperazine rings is 1. The Balaban J connectivity index is 1.56. The molecule has 0 aliphatic carbocycles. The van der Waals surface area contributed by atoms with Crippen molar-refractivity contribution in [2.24, 2.45) is 0 Å². The van der Waals surface area contributed by atoms with Crippen LogP contribution < -0.4 is 4.90 Å². The summed E-state index contributed by atoms with van der Waals surface area (Å²) in [5.41, 5.74) is 1.09. The van der Waals surface area contributed by atoms with Crippen molar-refractivity contribution in [3.05, 3.63) is 24.5 Å². The van der Waals surface area contributed by atoms with Crippen molar-refractivity contribution in [1.29, 1.82) is 0 Å². The van der Waals surface area contributed by atoms with Gasteiger partial charge in [0.05, 0.1) is 6.42 Å². The molecule has 2 aliphatic rings. The second-order valence-corrected chi connectivity index (χ2v) is 6.08. The van der Waals surface area contributed by atoms with Crippen LogP contribution >= 0.6 is 0 Å². The van der Waals surface area contributed by atoms with E-state index in [1.54, 1.807) is 24.3 Å². The number of pyridine rings is 1. The predicted octanol–water partition coefficient (Wildman–Crippen LogP) is 0.0127. The van der Waals surface area contributed by atoms with Gasteiger partial charge in [-0.25, -0.2) is 4.79 Å². The van der Waals surface area contributed by atoms with E-state index < -0.39 is 6.04 Å². The molecule has 0 radical (unpaired) electrons. The minimum atomic E-state index is -0.687. The number of aromatic nitrogens is 1. The summed E-state index contributed by atoms with van der Waals surface area (Å²) in [5.74, 6) is -0.399. The van der Waals surface area contributed by atoms with Crippen LogP contribution in [0.3, 0.4) is 0 Å². The first kappa shape index (κ1) is 16.2. The van der Waals surface area contributed by atoms with E-state index in [0.29, 0.717) is 13.1 Å². The van der Waals surface area contributed by atoms with Gasteiger partial charge >= 0.3 is 6.03 Å². The zero-order valence-electron chi connectivity index (χ0n) is 13.9. The van der Waals surface area contributed by atoms with Crippen LogP contribution in [0.1, 0.15) is 6.42 Å². The predicted molar refractivity (Wildman–Crippen MR) is 87.4 cm³/mol. The summed E-state index contributed by atoms with van der Waals surface area (Å²) < 4.78 is 0. The van der Waals surface area contributed by atoms with E-state index in [1.807, 2.05) is 12.1 Å². The first-order valence-corrected chi connectivity index (χ1v) is 7.96. The number of carbonyl (C=O) groups is 3. The largest absolute Gasteiger partial charge is 0.368 e. The van der Waals surface area contributed by atoms with Gasteiger partial charge in [-0.15, -0.1) is 0 Å². The zero-order chi connectivity index (χ0) is 17.3. The molecule has 0 spiro atoms.